The summed E-state index contributed by atoms with van der Waals surface area (Å²) in [6.45, 7) is 9.40. The minimum absolute atomic E-state index is 0.0708. The first-order chi connectivity index (χ1) is 17.1. The molecule has 0 aromatic heterocycles. The standard InChI is InChI=1S/C31H41NO4/c1-5-35-31(21(2)33)15-13-27-25-11-10-24-18-30(34,36-20-23-8-6-22(19-32)7-9-23)17-16-28(24,3)26(25)12-14-29(27,31)4/h6-10,25-27,34H,5,11-18,20H2,1-4H3/t25-,26+,27+,28+,29+,30-,31+/m1/s1. The molecule has 0 unspecified atom stereocenters. The van der Waals surface area contributed by atoms with Crippen LogP contribution in [0.5, 0.6) is 0 Å². The lowest BCUT2D eigenvalue weighted by Crippen LogP contribution is -2.58. The third-order valence-electron chi connectivity index (χ3n) is 10.8. The fourth-order valence-corrected chi connectivity index (χ4v) is 8.80. The molecule has 0 heterocycles. The molecule has 0 bridgehead atoms. The molecule has 1 aromatic carbocycles. The Morgan fingerprint density at radius 3 is 2.47 bits per heavy atom. The van der Waals surface area contributed by atoms with Gasteiger partial charge in [-0.05, 0) is 93.2 Å². The van der Waals surface area contributed by atoms with Gasteiger partial charge in [-0.15, -0.1) is 0 Å². The zero-order valence-corrected chi connectivity index (χ0v) is 22.3. The number of rotatable bonds is 6. The zero-order chi connectivity index (χ0) is 25.8. The van der Waals surface area contributed by atoms with Gasteiger partial charge in [0.25, 0.3) is 0 Å². The molecule has 3 saturated carbocycles. The van der Waals surface area contributed by atoms with Crippen molar-refractivity contribution in [3.63, 3.8) is 0 Å². The van der Waals surface area contributed by atoms with E-state index in [9.17, 15) is 9.90 Å². The third kappa shape index (κ3) is 3.80. The minimum atomic E-state index is -1.15. The largest absolute Gasteiger partial charge is 0.367 e. The Labute approximate surface area is 215 Å². The van der Waals surface area contributed by atoms with Gasteiger partial charge in [0.2, 0.25) is 0 Å². The van der Waals surface area contributed by atoms with E-state index in [4.69, 9.17) is 14.7 Å². The van der Waals surface area contributed by atoms with Gasteiger partial charge in [-0.2, -0.15) is 5.26 Å². The average Bonchev–Trinajstić information content (AvgIpc) is 3.17. The first-order valence-corrected chi connectivity index (χ1v) is 13.8. The molecular weight excluding hydrogens is 450 g/mol. The van der Waals surface area contributed by atoms with Gasteiger partial charge in [-0.25, -0.2) is 0 Å². The second-order valence-electron chi connectivity index (χ2n) is 12.3. The molecule has 0 saturated heterocycles. The molecule has 36 heavy (non-hydrogen) atoms. The second-order valence-corrected chi connectivity index (χ2v) is 12.3. The summed E-state index contributed by atoms with van der Waals surface area (Å²) >= 11 is 0. The Morgan fingerprint density at radius 1 is 1.08 bits per heavy atom. The molecule has 0 aliphatic heterocycles. The lowest BCUT2D eigenvalue weighted by atomic mass is 9.46. The number of hydrogen-bond donors (Lipinski definition) is 1. The van der Waals surface area contributed by atoms with Crippen molar-refractivity contribution in [2.45, 2.75) is 97.1 Å². The lowest BCUT2D eigenvalue weighted by Gasteiger charge is -2.60. The molecule has 0 amide bonds. The van der Waals surface area contributed by atoms with Crippen molar-refractivity contribution in [3.8, 4) is 6.07 Å². The van der Waals surface area contributed by atoms with Crippen LogP contribution in [-0.2, 0) is 20.9 Å². The summed E-state index contributed by atoms with van der Waals surface area (Å²) in [6, 6.07) is 9.50. The van der Waals surface area contributed by atoms with E-state index in [1.807, 2.05) is 19.1 Å². The molecule has 0 radical (unpaired) electrons. The molecule has 3 fully saturated rings. The zero-order valence-electron chi connectivity index (χ0n) is 22.3. The fraction of sp³-hybridized carbons (Fsp3) is 0.677. The van der Waals surface area contributed by atoms with Gasteiger partial charge in [0.05, 0.1) is 18.2 Å². The van der Waals surface area contributed by atoms with Crippen molar-refractivity contribution in [1.82, 2.24) is 0 Å². The molecule has 0 spiro atoms. The quantitative estimate of drug-likeness (QED) is 0.385. The van der Waals surface area contributed by atoms with Crippen LogP contribution in [0.3, 0.4) is 0 Å². The predicted octanol–water partition coefficient (Wildman–Crippen LogP) is 6.09. The van der Waals surface area contributed by atoms with Crippen molar-refractivity contribution in [2.24, 2.45) is 28.6 Å². The highest BCUT2D eigenvalue weighted by atomic mass is 16.6. The molecular formula is C31H41NO4. The number of ether oxygens (including phenoxy) is 2. The number of carbonyl (C=O) groups excluding carboxylic acids is 1. The van der Waals surface area contributed by atoms with E-state index in [0.29, 0.717) is 49.4 Å². The number of ketones is 1. The lowest BCUT2D eigenvalue weighted by molar-refractivity contribution is -0.232. The maximum Gasteiger partial charge on any atom is 0.169 e. The molecule has 5 heteroatoms. The number of hydrogen-bond acceptors (Lipinski definition) is 5. The number of aliphatic hydroxyl groups is 1. The van der Waals surface area contributed by atoms with Crippen LogP contribution in [-0.4, -0.2) is 28.9 Å². The van der Waals surface area contributed by atoms with Crippen molar-refractivity contribution in [3.05, 3.63) is 47.0 Å². The number of benzene rings is 1. The summed E-state index contributed by atoms with van der Waals surface area (Å²) < 4.78 is 12.4. The Morgan fingerprint density at radius 2 is 1.81 bits per heavy atom. The summed E-state index contributed by atoms with van der Waals surface area (Å²) in [4.78, 5) is 12.9. The topological polar surface area (TPSA) is 79.6 Å². The van der Waals surface area contributed by atoms with E-state index in [0.717, 1.165) is 44.1 Å². The molecule has 1 aromatic rings. The summed E-state index contributed by atoms with van der Waals surface area (Å²) in [5.41, 5.74) is 2.28. The first kappa shape index (κ1) is 25.6. The van der Waals surface area contributed by atoms with Crippen LogP contribution in [0.2, 0.25) is 0 Å². The number of Topliss-reactive ketones (excluding diaryl/α,β-unsaturated/α-hetero) is 1. The van der Waals surface area contributed by atoms with Crippen LogP contribution in [0.4, 0.5) is 0 Å². The smallest absolute Gasteiger partial charge is 0.169 e. The maximum absolute atomic E-state index is 12.9. The molecule has 194 valence electrons. The molecule has 5 rings (SSSR count). The van der Waals surface area contributed by atoms with E-state index < -0.39 is 11.4 Å². The average molecular weight is 492 g/mol. The van der Waals surface area contributed by atoms with Crippen LogP contribution < -0.4 is 0 Å². The van der Waals surface area contributed by atoms with Gasteiger partial charge < -0.3 is 14.6 Å². The Hall–Kier alpha value is -2.00. The molecule has 4 aliphatic carbocycles. The van der Waals surface area contributed by atoms with Gasteiger partial charge >= 0.3 is 0 Å². The number of nitriles is 1. The van der Waals surface area contributed by atoms with E-state index in [2.05, 4.69) is 26.0 Å². The second kappa shape index (κ2) is 9.08. The fourth-order valence-electron chi connectivity index (χ4n) is 8.80. The van der Waals surface area contributed by atoms with Crippen molar-refractivity contribution >= 4 is 5.78 Å². The minimum Gasteiger partial charge on any atom is -0.367 e. The van der Waals surface area contributed by atoms with E-state index in [1.54, 1.807) is 19.1 Å². The maximum atomic E-state index is 12.9. The van der Waals surface area contributed by atoms with Crippen molar-refractivity contribution < 1.29 is 19.4 Å². The van der Waals surface area contributed by atoms with Gasteiger partial charge in [-0.3, -0.25) is 4.79 Å². The van der Waals surface area contributed by atoms with Crippen LogP contribution in [0.25, 0.3) is 0 Å². The summed E-state index contributed by atoms with van der Waals surface area (Å²) in [7, 11) is 0. The molecule has 5 nitrogen and oxygen atoms in total. The van der Waals surface area contributed by atoms with E-state index in [-0.39, 0.29) is 16.6 Å². The number of fused-ring (bicyclic) bond motifs is 5. The summed E-state index contributed by atoms with van der Waals surface area (Å²) in [6.07, 6.45) is 9.55. The predicted molar refractivity (Wildman–Crippen MR) is 138 cm³/mol. The first-order valence-electron chi connectivity index (χ1n) is 13.8. The van der Waals surface area contributed by atoms with Crippen LogP contribution in [0.15, 0.2) is 35.9 Å². The van der Waals surface area contributed by atoms with Gasteiger partial charge in [0.1, 0.15) is 5.60 Å². The van der Waals surface area contributed by atoms with Crippen molar-refractivity contribution in [1.29, 1.82) is 5.26 Å². The summed E-state index contributed by atoms with van der Waals surface area (Å²) in [5.74, 6) is 0.678. The monoisotopic (exact) mass is 491 g/mol. The number of carbonyl (C=O) groups is 1. The number of allylic oxidation sites excluding steroid dienone is 1. The molecule has 4 aliphatic rings. The van der Waals surface area contributed by atoms with Crippen LogP contribution in [0.1, 0.15) is 90.2 Å². The molecule has 7 atom stereocenters. The Kier molecular flexibility index (Phi) is 6.47. The van der Waals surface area contributed by atoms with E-state index >= 15 is 0 Å². The highest BCUT2D eigenvalue weighted by molar-refractivity contribution is 5.86. The SMILES string of the molecule is CCO[C@]1(C(C)=O)CC[C@H]2[C@@H]3CC=C4C[C@](O)(OCc5ccc(C#N)cc5)CC[C@]4(C)[C@H]3CC[C@@]21C. The highest BCUT2D eigenvalue weighted by Gasteiger charge is 2.66. The Bertz CT molecular complexity index is 1090. The van der Waals surface area contributed by atoms with Gasteiger partial charge in [0, 0.05) is 24.9 Å². The normalized spacial score (nSPS) is 41.4. The highest BCUT2D eigenvalue weighted by Crippen LogP contribution is 2.68. The Balaban J connectivity index is 1.33. The number of nitrogens with zero attached hydrogens (tertiary/aromatic N) is 1. The third-order valence-corrected chi connectivity index (χ3v) is 10.8. The van der Waals surface area contributed by atoms with E-state index in [1.165, 1.54) is 5.57 Å². The van der Waals surface area contributed by atoms with Gasteiger partial charge in [0.15, 0.2) is 11.6 Å². The van der Waals surface area contributed by atoms with Gasteiger partial charge in [-0.1, -0.05) is 37.6 Å². The van der Waals surface area contributed by atoms with Crippen molar-refractivity contribution in [2.75, 3.05) is 6.61 Å². The van der Waals surface area contributed by atoms with Crippen LogP contribution >= 0.6 is 0 Å². The molecule has 1 N–H and O–H groups in total. The van der Waals surface area contributed by atoms with Crippen LogP contribution in [0, 0.1) is 39.9 Å². The summed E-state index contributed by atoms with van der Waals surface area (Å²) in [5, 5.41) is 20.4.